The normalized spacial score (nSPS) is 13.9. The van der Waals surface area contributed by atoms with Crippen molar-refractivity contribution in [1.82, 2.24) is 0 Å². The summed E-state index contributed by atoms with van der Waals surface area (Å²) in [7, 11) is 0. The number of benzene rings is 2. The first-order valence-corrected chi connectivity index (χ1v) is 7.18. The fourth-order valence-electron chi connectivity index (χ4n) is 2.77. The molecule has 3 rings (SSSR count). The highest BCUT2D eigenvalue weighted by atomic mass is 16.2. The highest BCUT2D eigenvalue weighted by Gasteiger charge is 2.21. The van der Waals surface area contributed by atoms with Crippen molar-refractivity contribution in [3.8, 4) is 0 Å². The first kappa shape index (κ1) is 12.9. The van der Waals surface area contributed by atoms with Crippen molar-refractivity contribution >= 4 is 11.6 Å². The van der Waals surface area contributed by atoms with Crippen molar-refractivity contribution in [3.63, 3.8) is 0 Å². The van der Waals surface area contributed by atoms with E-state index in [1.165, 1.54) is 11.1 Å². The summed E-state index contributed by atoms with van der Waals surface area (Å²) >= 11 is 0. The van der Waals surface area contributed by atoms with Gasteiger partial charge in [-0.05, 0) is 37.0 Å². The van der Waals surface area contributed by atoms with Crippen LogP contribution in [0.3, 0.4) is 0 Å². The van der Waals surface area contributed by atoms with Crippen molar-refractivity contribution < 1.29 is 4.79 Å². The summed E-state index contributed by atoms with van der Waals surface area (Å²) in [5, 5.41) is 0. The zero-order valence-corrected chi connectivity index (χ0v) is 11.8. The number of fused-ring (bicyclic) bond motifs is 1. The van der Waals surface area contributed by atoms with Crippen LogP contribution in [-0.2, 0) is 17.6 Å². The standard InChI is InChI=1S/C18H19NO/c1-14-8-10-15(11-9-14)13-18(20)19-12-4-6-16-5-2-3-7-17(16)19/h2-3,5,7-11H,4,6,12-13H2,1H3. The third-order valence-electron chi connectivity index (χ3n) is 3.89. The quantitative estimate of drug-likeness (QED) is 0.813. The van der Waals surface area contributed by atoms with Gasteiger partial charge < -0.3 is 4.90 Å². The Morgan fingerprint density at radius 2 is 1.85 bits per heavy atom. The molecule has 2 heteroatoms. The zero-order chi connectivity index (χ0) is 13.9. The number of aryl methyl sites for hydroxylation is 2. The number of hydrogen-bond donors (Lipinski definition) is 0. The van der Waals surface area contributed by atoms with Gasteiger partial charge in [0, 0.05) is 12.2 Å². The van der Waals surface area contributed by atoms with Gasteiger partial charge in [0.15, 0.2) is 0 Å². The summed E-state index contributed by atoms with van der Waals surface area (Å²) in [5.74, 6) is 0.195. The minimum Gasteiger partial charge on any atom is -0.312 e. The van der Waals surface area contributed by atoms with E-state index < -0.39 is 0 Å². The van der Waals surface area contributed by atoms with E-state index in [1.807, 2.05) is 29.2 Å². The summed E-state index contributed by atoms with van der Waals surface area (Å²) in [6.07, 6.45) is 2.61. The van der Waals surface area contributed by atoms with E-state index in [0.29, 0.717) is 6.42 Å². The molecule has 2 nitrogen and oxygen atoms in total. The maximum atomic E-state index is 12.5. The molecule has 0 aliphatic carbocycles. The molecular weight excluding hydrogens is 246 g/mol. The number of amides is 1. The minimum absolute atomic E-state index is 0.195. The van der Waals surface area contributed by atoms with Crippen LogP contribution in [0.25, 0.3) is 0 Å². The number of rotatable bonds is 2. The fourth-order valence-corrected chi connectivity index (χ4v) is 2.77. The second kappa shape index (κ2) is 5.49. The lowest BCUT2D eigenvalue weighted by atomic mass is 10.0. The van der Waals surface area contributed by atoms with Gasteiger partial charge in [-0.15, -0.1) is 0 Å². The Labute approximate surface area is 120 Å². The Morgan fingerprint density at radius 1 is 1.10 bits per heavy atom. The molecule has 2 aromatic carbocycles. The fraction of sp³-hybridized carbons (Fsp3) is 0.278. The van der Waals surface area contributed by atoms with E-state index in [9.17, 15) is 4.79 Å². The van der Waals surface area contributed by atoms with E-state index in [4.69, 9.17) is 0 Å². The molecular formula is C18H19NO. The average molecular weight is 265 g/mol. The Bertz CT molecular complexity index is 616. The molecule has 0 atom stereocenters. The van der Waals surface area contributed by atoms with Crippen LogP contribution in [0.2, 0.25) is 0 Å². The number of carbonyl (C=O) groups excluding carboxylic acids is 1. The molecule has 0 saturated heterocycles. The van der Waals surface area contributed by atoms with Gasteiger partial charge in [-0.3, -0.25) is 4.79 Å². The van der Waals surface area contributed by atoms with Crippen LogP contribution in [0.15, 0.2) is 48.5 Å². The number of nitrogens with zero attached hydrogens (tertiary/aromatic N) is 1. The number of para-hydroxylation sites is 1. The van der Waals surface area contributed by atoms with Crippen LogP contribution in [0.4, 0.5) is 5.69 Å². The van der Waals surface area contributed by atoms with Gasteiger partial charge in [0.2, 0.25) is 5.91 Å². The molecule has 0 unspecified atom stereocenters. The van der Waals surface area contributed by atoms with Gasteiger partial charge in [-0.1, -0.05) is 48.0 Å². The summed E-state index contributed by atoms with van der Waals surface area (Å²) in [5.41, 5.74) is 4.69. The molecule has 102 valence electrons. The second-order valence-corrected chi connectivity index (χ2v) is 5.44. The molecule has 0 bridgehead atoms. The Balaban J connectivity index is 1.80. The third-order valence-corrected chi connectivity index (χ3v) is 3.89. The predicted octanol–water partition coefficient (Wildman–Crippen LogP) is 3.52. The van der Waals surface area contributed by atoms with Gasteiger partial charge >= 0.3 is 0 Å². The van der Waals surface area contributed by atoms with Gasteiger partial charge in [0.25, 0.3) is 0 Å². The van der Waals surface area contributed by atoms with Crippen molar-refractivity contribution in [3.05, 3.63) is 65.2 Å². The van der Waals surface area contributed by atoms with Crippen LogP contribution < -0.4 is 4.90 Å². The lowest BCUT2D eigenvalue weighted by molar-refractivity contribution is -0.118. The number of carbonyl (C=O) groups is 1. The van der Waals surface area contributed by atoms with Crippen molar-refractivity contribution in [2.24, 2.45) is 0 Å². The highest BCUT2D eigenvalue weighted by Crippen LogP contribution is 2.27. The topological polar surface area (TPSA) is 20.3 Å². The largest absolute Gasteiger partial charge is 0.312 e. The molecule has 0 fully saturated rings. The van der Waals surface area contributed by atoms with E-state index in [-0.39, 0.29) is 5.91 Å². The summed E-state index contributed by atoms with van der Waals surface area (Å²) in [6, 6.07) is 16.5. The monoisotopic (exact) mass is 265 g/mol. The van der Waals surface area contributed by atoms with Crippen LogP contribution in [0, 0.1) is 6.92 Å². The molecule has 0 spiro atoms. The van der Waals surface area contributed by atoms with Gasteiger partial charge in [-0.25, -0.2) is 0 Å². The van der Waals surface area contributed by atoms with Crippen molar-refractivity contribution in [1.29, 1.82) is 0 Å². The summed E-state index contributed by atoms with van der Waals surface area (Å²) < 4.78 is 0. The van der Waals surface area contributed by atoms with Gasteiger partial charge in [-0.2, -0.15) is 0 Å². The Kier molecular flexibility index (Phi) is 3.55. The maximum Gasteiger partial charge on any atom is 0.231 e. The Hall–Kier alpha value is -2.09. The van der Waals surface area contributed by atoms with Crippen molar-refractivity contribution in [2.45, 2.75) is 26.2 Å². The first-order chi connectivity index (χ1) is 9.74. The average Bonchev–Trinajstić information content (AvgIpc) is 2.49. The summed E-state index contributed by atoms with van der Waals surface area (Å²) in [4.78, 5) is 14.5. The smallest absolute Gasteiger partial charge is 0.231 e. The SMILES string of the molecule is Cc1ccc(CC(=O)N2CCCc3ccccc32)cc1. The predicted molar refractivity (Wildman–Crippen MR) is 82.0 cm³/mol. The minimum atomic E-state index is 0.195. The molecule has 0 radical (unpaired) electrons. The molecule has 0 N–H and O–H groups in total. The summed E-state index contributed by atoms with van der Waals surface area (Å²) in [6.45, 7) is 2.90. The lowest BCUT2D eigenvalue weighted by Gasteiger charge is -2.29. The molecule has 0 aromatic heterocycles. The van der Waals surface area contributed by atoms with Crippen LogP contribution in [-0.4, -0.2) is 12.5 Å². The van der Waals surface area contributed by atoms with Gasteiger partial charge in [0.1, 0.15) is 0 Å². The van der Waals surface area contributed by atoms with Crippen LogP contribution >= 0.6 is 0 Å². The van der Waals surface area contributed by atoms with Crippen molar-refractivity contribution in [2.75, 3.05) is 11.4 Å². The van der Waals surface area contributed by atoms with Crippen LogP contribution in [0.5, 0.6) is 0 Å². The van der Waals surface area contributed by atoms with E-state index in [1.54, 1.807) is 0 Å². The van der Waals surface area contributed by atoms with E-state index in [2.05, 4.69) is 31.2 Å². The third kappa shape index (κ3) is 2.60. The highest BCUT2D eigenvalue weighted by molar-refractivity contribution is 5.95. The number of anilines is 1. The zero-order valence-electron chi connectivity index (χ0n) is 11.8. The molecule has 20 heavy (non-hydrogen) atoms. The maximum absolute atomic E-state index is 12.5. The number of hydrogen-bond acceptors (Lipinski definition) is 1. The lowest BCUT2D eigenvalue weighted by Crippen LogP contribution is -2.36. The van der Waals surface area contributed by atoms with Crippen LogP contribution in [0.1, 0.15) is 23.1 Å². The first-order valence-electron chi connectivity index (χ1n) is 7.18. The molecule has 1 heterocycles. The van der Waals surface area contributed by atoms with Gasteiger partial charge in [0.05, 0.1) is 6.42 Å². The molecule has 1 amide bonds. The molecule has 2 aromatic rings. The molecule has 1 aliphatic rings. The van der Waals surface area contributed by atoms with E-state index in [0.717, 1.165) is 30.6 Å². The molecule has 1 aliphatic heterocycles. The Morgan fingerprint density at radius 3 is 2.65 bits per heavy atom. The van der Waals surface area contributed by atoms with E-state index >= 15 is 0 Å². The second-order valence-electron chi connectivity index (χ2n) is 5.44. The molecule has 0 saturated carbocycles.